The van der Waals surface area contributed by atoms with Crippen LogP contribution in [0.25, 0.3) is 0 Å². The second kappa shape index (κ2) is 10.3. The standard InChI is InChI=1S/C28H31O4PS/c1-18-14-20(3)25(21(4)15-18)27(29)33(12-13-34(31,32)24-10-8-7-9-11-24)28(30)26-22(5)16-19(2)17-23(26)6/h7-11,14-17H,12-13H2,1-6H3. The zero-order chi connectivity index (χ0) is 25.2. The second-order valence-corrected chi connectivity index (χ2v) is 13.2. The van der Waals surface area contributed by atoms with Crippen LogP contribution in [-0.4, -0.2) is 31.4 Å². The van der Waals surface area contributed by atoms with Crippen molar-refractivity contribution in [2.45, 2.75) is 46.4 Å². The number of carbonyl (C=O) groups is 2. The zero-order valence-electron chi connectivity index (χ0n) is 20.6. The fraction of sp³-hybridized carbons (Fsp3) is 0.286. The molecule has 0 saturated carbocycles. The molecule has 3 rings (SSSR count). The quantitative estimate of drug-likeness (QED) is 0.337. The fourth-order valence-electron chi connectivity index (χ4n) is 4.56. The highest BCUT2D eigenvalue weighted by molar-refractivity contribution is 7.94. The van der Waals surface area contributed by atoms with Crippen LogP contribution in [0.1, 0.15) is 54.1 Å². The number of rotatable bonds is 8. The van der Waals surface area contributed by atoms with Gasteiger partial charge in [0.15, 0.2) is 20.9 Å². The van der Waals surface area contributed by atoms with Crippen molar-refractivity contribution in [2.75, 3.05) is 11.9 Å². The van der Waals surface area contributed by atoms with Gasteiger partial charge in [-0.3, -0.25) is 9.59 Å². The molecule has 0 amide bonds. The molecule has 0 saturated heterocycles. The van der Waals surface area contributed by atoms with Gasteiger partial charge < -0.3 is 0 Å². The maximum Gasteiger partial charge on any atom is 0.192 e. The molecule has 34 heavy (non-hydrogen) atoms. The minimum atomic E-state index is -3.63. The highest BCUT2D eigenvalue weighted by Crippen LogP contribution is 2.46. The van der Waals surface area contributed by atoms with Gasteiger partial charge in [0.05, 0.1) is 10.6 Å². The Morgan fingerprint density at radius 3 is 1.44 bits per heavy atom. The van der Waals surface area contributed by atoms with E-state index >= 15 is 0 Å². The highest BCUT2D eigenvalue weighted by atomic mass is 32.2. The third-order valence-corrected chi connectivity index (χ3v) is 10.1. The summed E-state index contributed by atoms with van der Waals surface area (Å²) in [7, 11) is -5.56. The number of aryl methyl sites for hydroxylation is 6. The predicted molar refractivity (Wildman–Crippen MR) is 140 cm³/mol. The molecule has 0 bridgehead atoms. The van der Waals surface area contributed by atoms with Crippen molar-refractivity contribution in [3.8, 4) is 0 Å². The van der Waals surface area contributed by atoms with Crippen molar-refractivity contribution in [1.29, 1.82) is 0 Å². The molecular weight excluding hydrogens is 463 g/mol. The Bertz CT molecular complexity index is 1240. The first kappa shape index (κ1) is 26.0. The Morgan fingerprint density at radius 2 is 1.06 bits per heavy atom. The summed E-state index contributed by atoms with van der Waals surface area (Å²) in [5.74, 6) is -0.256. The molecule has 0 fully saturated rings. The first-order valence-electron chi connectivity index (χ1n) is 11.2. The molecule has 0 spiro atoms. The van der Waals surface area contributed by atoms with Crippen LogP contribution in [-0.2, 0) is 9.84 Å². The summed E-state index contributed by atoms with van der Waals surface area (Å²) in [5, 5.41) is 0. The van der Waals surface area contributed by atoms with Gasteiger partial charge in [-0.05, 0) is 82.1 Å². The van der Waals surface area contributed by atoms with Crippen LogP contribution in [0.4, 0.5) is 0 Å². The van der Waals surface area contributed by atoms with Crippen molar-refractivity contribution in [3.05, 3.63) is 99.1 Å². The van der Waals surface area contributed by atoms with Gasteiger partial charge in [-0.1, -0.05) is 53.6 Å². The molecule has 0 atom stereocenters. The lowest BCUT2D eigenvalue weighted by atomic mass is 10.0. The molecule has 0 aromatic heterocycles. The number of sulfone groups is 1. The molecule has 0 aliphatic heterocycles. The van der Waals surface area contributed by atoms with Crippen LogP contribution in [0.5, 0.6) is 0 Å². The lowest BCUT2D eigenvalue weighted by molar-refractivity contribution is 0.105. The average molecular weight is 495 g/mol. The number of hydrogen-bond donors (Lipinski definition) is 0. The molecule has 3 aromatic carbocycles. The molecule has 0 aliphatic carbocycles. The third-order valence-electron chi connectivity index (χ3n) is 5.96. The van der Waals surface area contributed by atoms with E-state index in [2.05, 4.69) is 0 Å². The molecule has 0 radical (unpaired) electrons. The maximum absolute atomic E-state index is 13.9. The largest absolute Gasteiger partial charge is 0.289 e. The van der Waals surface area contributed by atoms with Crippen LogP contribution in [0.2, 0.25) is 0 Å². The Hall–Kier alpha value is -2.62. The molecule has 3 aromatic rings. The first-order valence-corrected chi connectivity index (χ1v) is 14.4. The topological polar surface area (TPSA) is 68.3 Å². The lowest BCUT2D eigenvalue weighted by Gasteiger charge is -2.20. The molecule has 0 aliphatic rings. The van der Waals surface area contributed by atoms with E-state index in [-0.39, 0.29) is 27.9 Å². The summed E-state index contributed by atoms with van der Waals surface area (Å²) in [6, 6.07) is 15.9. The predicted octanol–water partition coefficient (Wildman–Crippen LogP) is 6.47. The molecule has 4 nitrogen and oxygen atoms in total. The highest BCUT2D eigenvalue weighted by Gasteiger charge is 2.33. The van der Waals surface area contributed by atoms with E-state index in [1.165, 1.54) is 0 Å². The van der Waals surface area contributed by atoms with Crippen molar-refractivity contribution in [3.63, 3.8) is 0 Å². The molecular formula is C28H31O4PS. The average Bonchev–Trinajstić information content (AvgIpc) is 2.73. The lowest BCUT2D eigenvalue weighted by Crippen LogP contribution is -2.18. The van der Waals surface area contributed by atoms with E-state index in [9.17, 15) is 18.0 Å². The van der Waals surface area contributed by atoms with Crippen molar-refractivity contribution >= 4 is 28.8 Å². The van der Waals surface area contributed by atoms with Crippen LogP contribution in [0, 0.1) is 41.5 Å². The molecule has 0 heterocycles. The van der Waals surface area contributed by atoms with Crippen LogP contribution >= 0.6 is 7.92 Å². The van der Waals surface area contributed by atoms with Gasteiger partial charge in [0.1, 0.15) is 0 Å². The van der Waals surface area contributed by atoms with Gasteiger partial charge >= 0.3 is 0 Å². The SMILES string of the molecule is Cc1cc(C)c(C(=O)P(CCS(=O)(=O)c2ccccc2)C(=O)c2c(C)cc(C)cc2C)c(C)c1. The molecule has 6 heteroatoms. The molecule has 0 unspecified atom stereocenters. The van der Waals surface area contributed by atoms with Gasteiger partial charge in [-0.15, -0.1) is 0 Å². The van der Waals surface area contributed by atoms with Crippen LogP contribution in [0.15, 0.2) is 59.5 Å². The minimum Gasteiger partial charge on any atom is -0.289 e. The van der Waals surface area contributed by atoms with E-state index in [0.29, 0.717) is 11.1 Å². The third kappa shape index (κ3) is 5.54. The summed E-state index contributed by atoms with van der Waals surface area (Å²) >= 11 is 0. The van der Waals surface area contributed by atoms with E-state index in [1.807, 2.05) is 65.8 Å². The number of hydrogen-bond acceptors (Lipinski definition) is 4. The Morgan fingerprint density at radius 1 is 0.676 bits per heavy atom. The summed E-state index contributed by atoms with van der Waals surface area (Å²) in [4.78, 5) is 27.9. The van der Waals surface area contributed by atoms with Gasteiger partial charge in [0, 0.05) is 19.0 Å². The Kier molecular flexibility index (Phi) is 7.90. The molecule has 178 valence electrons. The smallest absolute Gasteiger partial charge is 0.192 e. The monoisotopic (exact) mass is 494 g/mol. The van der Waals surface area contributed by atoms with E-state index in [0.717, 1.165) is 33.4 Å². The van der Waals surface area contributed by atoms with Crippen LogP contribution < -0.4 is 0 Å². The summed E-state index contributed by atoms with van der Waals surface area (Å²) < 4.78 is 26.0. The van der Waals surface area contributed by atoms with Gasteiger partial charge in [-0.25, -0.2) is 8.42 Å². The maximum atomic E-state index is 13.9. The van der Waals surface area contributed by atoms with Crippen molar-refractivity contribution in [1.82, 2.24) is 0 Å². The number of benzene rings is 3. The van der Waals surface area contributed by atoms with E-state index in [1.54, 1.807) is 30.3 Å². The summed E-state index contributed by atoms with van der Waals surface area (Å²) in [5.41, 5.74) is 5.89. The Balaban J connectivity index is 2.07. The second-order valence-electron chi connectivity index (χ2n) is 8.94. The Labute approximate surface area is 204 Å². The van der Waals surface area contributed by atoms with Crippen molar-refractivity contribution in [2.24, 2.45) is 0 Å². The normalized spacial score (nSPS) is 11.6. The van der Waals surface area contributed by atoms with E-state index < -0.39 is 17.8 Å². The van der Waals surface area contributed by atoms with Gasteiger partial charge in [-0.2, -0.15) is 0 Å². The fourth-order valence-corrected chi connectivity index (χ4v) is 8.89. The molecule has 0 N–H and O–H groups in total. The van der Waals surface area contributed by atoms with Crippen molar-refractivity contribution < 1.29 is 18.0 Å². The van der Waals surface area contributed by atoms with Gasteiger partial charge in [0.2, 0.25) is 0 Å². The summed E-state index contributed by atoms with van der Waals surface area (Å²) in [6.07, 6.45) is -0.0102. The minimum absolute atomic E-state index is 0.0102. The summed E-state index contributed by atoms with van der Waals surface area (Å²) in [6.45, 7) is 11.4. The number of carbonyl (C=O) groups excluding carboxylic acids is 2. The van der Waals surface area contributed by atoms with Crippen LogP contribution in [0.3, 0.4) is 0 Å². The first-order chi connectivity index (χ1) is 15.9. The van der Waals surface area contributed by atoms with E-state index in [4.69, 9.17) is 0 Å². The zero-order valence-corrected chi connectivity index (χ0v) is 22.3. The van der Waals surface area contributed by atoms with Gasteiger partial charge in [0.25, 0.3) is 0 Å².